The van der Waals surface area contributed by atoms with Crippen molar-refractivity contribution in [2.45, 2.75) is 19.5 Å². The van der Waals surface area contributed by atoms with Crippen molar-refractivity contribution in [1.29, 1.82) is 0 Å². The molecule has 1 fully saturated rings. The van der Waals surface area contributed by atoms with Crippen molar-refractivity contribution in [2.24, 2.45) is 5.92 Å². The number of pyridine rings is 1. The van der Waals surface area contributed by atoms with Gasteiger partial charge in [-0.1, -0.05) is 24.6 Å². The quantitative estimate of drug-likeness (QED) is 0.770. The summed E-state index contributed by atoms with van der Waals surface area (Å²) in [7, 11) is 4.31. The van der Waals surface area contributed by atoms with Gasteiger partial charge in [-0.15, -0.1) is 0 Å². The monoisotopic (exact) mass is 253 g/mol. The van der Waals surface area contributed by atoms with Gasteiger partial charge in [0.15, 0.2) is 0 Å². The van der Waals surface area contributed by atoms with E-state index < -0.39 is 0 Å². The third kappa shape index (κ3) is 3.18. The Bertz CT molecular complexity index is 381. The van der Waals surface area contributed by atoms with Crippen LogP contribution in [0, 0.1) is 5.92 Å². The molecule has 0 N–H and O–H groups in total. The minimum Gasteiger partial charge on any atom is -0.305 e. The summed E-state index contributed by atoms with van der Waals surface area (Å²) in [6, 6.07) is 6.47. The van der Waals surface area contributed by atoms with Crippen LogP contribution in [0.3, 0.4) is 0 Å². The number of nitrogens with zero attached hydrogens (tertiary/aromatic N) is 3. The fraction of sp³-hybridized carbons (Fsp3) is 0.615. The van der Waals surface area contributed by atoms with Gasteiger partial charge < -0.3 is 4.90 Å². The Kier molecular flexibility index (Phi) is 4.02. The lowest BCUT2D eigenvalue weighted by Gasteiger charge is -2.22. The summed E-state index contributed by atoms with van der Waals surface area (Å²) >= 11 is 5.90. The summed E-state index contributed by atoms with van der Waals surface area (Å²) in [5, 5.41) is 0.582. The molecular formula is C13H20ClN3. The number of hydrogen-bond acceptors (Lipinski definition) is 3. The van der Waals surface area contributed by atoms with Crippen molar-refractivity contribution in [3.05, 3.63) is 29.0 Å². The first-order valence-electron chi connectivity index (χ1n) is 6.06. The molecular weight excluding hydrogens is 234 g/mol. The van der Waals surface area contributed by atoms with E-state index in [1.807, 2.05) is 18.2 Å². The zero-order valence-corrected chi connectivity index (χ0v) is 11.5. The number of rotatable bonds is 3. The number of likely N-dealkylation sites (N-methyl/N-ethyl adjacent to an activating group) is 1. The molecule has 1 aliphatic rings. The van der Waals surface area contributed by atoms with Crippen LogP contribution < -0.4 is 0 Å². The Morgan fingerprint density at radius 3 is 2.76 bits per heavy atom. The first-order valence-corrected chi connectivity index (χ1v) is 6.44. The van der Waals surface area contributed by atoms with Crippen LogP contribution in [0.5, 0.6) is 0 Å². The molecule has 0 radical (unpaired) electrons. The smallest absolute Gasteiger partial charge is 0.129 e. The van der Waals surface area contributed by atoms with Crippen LogP contribution in [-0.4, -0.2) is 48.0 Å². The molecule has 0 amide bonds. The van der Waals surface area contributed by atoms with E-state index in [4.69, 9.17) is 11.6 Å². The summed E-state index contributed by atoms with van der Waals surface area (Å²) in [6.45, 7) is 5.46. The highest BCUT2D eigenvalue weighted by Gasteiger charge is 2.30. The average molecular weight is 254 g/mol. The molecule has 17 heavy (non-hydrogen) atoms. The second-order valence-corrected chi connectivity index (χ2v) is 5.54. The summed E-state index contributed by atoms with van der Waals surface area (Å²) in [5.74, 6) is 0.712. The maximum Gasteiger partial charge on any atom is 0.129 e. The highest BCUT2D eigenvalue weighted by molar-refractivity contribution is 6.29. The number of hydrogen-bond donors (Lipinski definition) is 0. The van der Waals surface area contributed by atoms with Crippen molar-refractivity contribution in [2.75, 3.05) is 27.2 Å². The predicted octanol–water partition coefficient (Wildman–Crippen LogP) is 2.12. The Morgan fingerprint density at radius 2 is 2.18 bits per heavy atom. The minimum atomic E-state index is 0.582. The zero-order chi connectivity index (χ0) is 12.4. The Labute approximate surface area is 108 Å². The fourth-order valence-corrected chi connectivity index (χ4v) is 2.80. The Morgan fingerprint density at radius 1 is 1.41 bits per heavy atom. The van der Waals surface area contributed by atoms with E-state index >= 15 is 0 Å². The van der Waals surface area contributed by atoms with Crippen LogP contribution >= 0.6 is 11.6 Å². The highest BCUT2D eigenvalue weighted by Crippen LogP contribution is 2.21. The molecule has 94 valence electrons. The van der Waals surface area contributed by atoms with Crippen LogP contribution in [0.25, 0.3) is 0 Å². The standard InChI is InChI=1S/C13H20ClN3/c1-10-7-17(9-12(10)16(2)3)8-11-5-4-6-13(14)15-11/h4-6,10,12H,7-9H2,1-3H3. The van der Waals surface area contributed by atoms with E-state index in [1.54, 1.807) is 0 Å². The van der Waals surface area contributed by atoms with Crippen molar-refractivity contribution >= 4 is 11.6 Å². The molecule has 1 aromatic heterocycles. The zero-order valence-electron chi connectivity index (χ0n) is 10.7. The van der Waals surface area contributed by atoms with Gasteiger partial charge in [-0.05, 0) is 32.1 Å². The van der Waals surface area contributed by atoms with Gasteiger partial charge in [-0.25, -0.2) is 4.98 Å². The molecule has 3 nitrogen and oxygen atoms in total. The van der Waals surface area contributed by atoms with Gasteiger partial charge in [0.25, 0.3) is 0 Å². The molecule has 0 aromatic carbocycles. The van der Waals surface area contributed by atoms with Gasteiger partial charge in [0.2, 0.25) is 0 Å². The van der Waals surface area contributed by atoms with Crippen LogP contribution in [0.15, 0.2) is 18.2 Å². The van der Waals surface area contributed by atoms with Crippen molar-refractivity contribution < 1.29 is 0 Å². The third-order valence-corrected chi connectivity index (χ3v) is 3.68. The molecule has 0 saturated carbocycles. The van der Waals surface area contributed by atoms with E-state index in [2.05, 4.69) is 35.8 Å². The molecule has 2 rings (SSSR count). The SMILES string of the molecule is CC1CN(Cc2cccc(Cl)n2)CC1N(C)C. The van der Waals surface area contributed by atoms with E-state index in [0.29, 0.717) is 17.1 Å². The molecule has 2 atom stereocenters. The van der Waals surface area contributed by atoms with E-state index in [0.717, 1.165) is 25.3 Å². The van der Waals surface area contributed by atoms with Gasteiger partial charge in [-0.3, -0.25) is 4.90 Å². The lowest BCUT2D eigenvalue weighted by Crippen LogP contribution is -2.34. The molecule has 0 spiro atoms. The van der Waals surface area contributed by atoms with Crippen molar-refractivity contribution in [1.82, 2.24) is 14.8 Å². The highest BCUT2D eigenvalue weighted by atomic mass is 35.5. The topological polar surface area (TPSA) is 19.4 Å². The third-order valence-electron chi connectivity index (χ3n) is 3.47. The maximum atomic E-state index is 5.90. The maximum absolute atomic E-state index is 5.90. The molecule has 2 heterocycles. The minimum absolute atomic E-state index is 0.582. The van der Waals surface area contributed by atoms with Gasteiger partial charge in [-0.2, -0.15) is 0 Å². The van der Waals surface area contributed by atoms with E-state index in [-0.39, 0.29) is 0 Å². The second kappa shape index (κ2) is 5.34. The second-order valence-electron chi connectivity index (χ2n) is 5.15. The van der Waals surface area contributed by atoms with Crippen molar-refractivity contribution in [3.63, 3.8) is 0 Å². The number of aromatic nitrogens is 1. The molecule has 0 bridgehead atoms. The fourth-order valence-electron chi connectivity index (χ4n) is 2.62. The average Bonchev–Trinajstić information content (AvgIpc) is 2.59. The van der Waals surface area contributed by atoms with Gasteiger partial charge in [0, 0.05) is 25.7 Å². The molecule has 1 aromatic rings. The van der Waals surface area contributed by atoms with Gasteiger partial charge in [0.05, 0.1) is 5.69 Å². The molecule has 0 aliphatic carbocycles. The molecule has 4 heteroatoms. The predicted molar refractivity (Wildman–Crippen MR) is 71.2 cm³/mol. The van der Waals surface area contributed by atoms with Crippen LogP contribution in [0.2, 0.25) is 5.15 Å². The summed E-state index contributed by atoms with van der Waals surface area (Å²) in [6.07, 6.45) is 0. The largest absolute Gasteiger partial charge is 0.305 e. The van der Waals surface area contributed by atoms with Crippen LogP contribution in [0.4, 0.5) is 0 Å². The Balaban J connectivity index is 1.97. The van der Waals surface area contributed by atoms with Gasteiger partial charge in [0.1, 0.15) is 5.15 Å². The molecule has 1 saturated heterocycles. The van der Waals surface area contributed by atoms with Crippen molar-refractivity contribution in [3.8, 4) is 0 Å². The lowest BCUT2D eigenvalue weighted by atomic mass is 10.1. The van der Waals surface area contributed by atoms with Gasteiger partial charge >= 0.3 is 0 Å². The number of halogens is 1. The Hall–Kier alpha value is -0.640. The molecule has 2 unspecified atom stereocenters. The summed E-state index contributed by atoms with van der Waals surface area (Å²) < 4.78 is 0. The van der Waals surface area contributed by atoms with E-state index in [1.165, 1.54) is 0 Å². The summed E-state index contributed by atoms with van der Waals surface area (Å²) in [4.78, 5) is 9.11. The van der Waals surface area contributed by atoms with Crippen LogP contribution in [-0.2, 0) is 6.54 Å². The van der Waals surface area contributed by atoms with E-state index in [9.17, 15) is 0 Å². The first kappa shape index (κ1) is 12.8. The summed E-state index contributed by atoms with van der Waals surface area (Å²) in [5.41, 5.74) is 1.06. The molecule has 1 aliphatic heterocycles. The lowest BCUT2D eigenvalue weighted by molar-refractivity contribution is 0.249. The normalized spacial score (nSPS) is 25.7. The number of likely N-dealkylation sites (tertiary alicyclic amines) is 1. The van der Waals surface area contributed by atoms with Crippen LogP contribution in [0.1, 0.15) is 12.6 Å². The first-order chi connectivity index (χ1) is 8.06.